The molecule has 0 aliphatic heterocycles. The van der Waals surface area contributed by atoms with E-state index in [-0.39, 0.29) is 0 Å². The molecule has 1 fully saturated rings. The van der Waals surface area contributed by atoms with Gasteiger partial charge in [-0.2, -0.15) is 0 Å². The van der Waals surface area contributed by atoms with Crippen molar-refractivity contribution in [1.82, 2.24) is 0 Å². The van der Waals surface area contributed by atoms with E-state index in [9.17, 15) is 4.79 Å². The molecule has 1 saturated carbocycles. The molecule has 1 nitrogen and oxygen atoms in total. The predicted octanol–water partition coefficient (Wildman–Crippen LogP) is 2.25. The van der Waals surface area contributed by atoms with Gasteiger partial charge in [-0.1, -0.05) is 0 Å². The Hall–Kier alpha value is 0.488. The molecule has 0 bridgehead atoms. The van der Waals surface area contributed by atoms with Crippen molar-refractivity contribution >= 4 is 26.0 Å². The van der Waals surface area contributed by atoms with Gasteiger partial charge in [0.2, 0.25) is 0 Å². The summed E-state index contributed by atoms with van der Waals surface area (Å²) in [6.45, 7) is 0. The quantitative estimate of drug-likeness (QED) is 0.651. The van der Waals surface area contributed by atoms with Crippen LogP contribution in [0.15, 0.2) is 0 Å². The van der Waals surface area contributed by atoms with Crippen molar-refractivity contribution in [3.8, 4) is 0 Å². The van der Waals surface area contributed by atoms with Gasteiger partial charge >= 0.3 is 70.1 Å². The van der Waals surface area contributed by atoms with Gasteiger partial charge in [0.15, 0.2) is 0 Å². The average Bonchev–Trinajstić information content (AvgIpc) is 1.88. The van der Waals surface area contributed by atoms with Crippen molar-refractivity contribution in [1.29, 1.82) is 0 Å². The fourth-order valence-electron chi connectivity index (χ4n) is 1.44. The summed E-state index contributed by atoms with van der Waals surface area (Å²) in [7, 11) is 0. The van der Waals surface area contributed by atoms with E-state index >= 15 is 0 Å². The van der Waals surface area contributed by atoms with Gasteiger partial charge in [-0.15, -0.1) is 0 Å². The van der Waals surface area contributed by atoms with Crippen LogP contribution in [0.25, 0.3) is 0 Å². The van der Waals surface area contributed by atoms with Gasteiger partial charge in [0, 0.05) is 0 Å². The number of Topliss-reactive ketones (excluding diaryl/α,β-unsaturated/α-hetero) is 1. The Labute approximate surface area is 70.1 Å². The summed E-state index contributed by atoms with van der Waals surface area (Å²) in [4.78, 5) is 15.7. The maximum absolute atomic E-state index is 10.9. The van der Waals surface area contributed by atoms with Crippen LogP contribution in [0, 0.1) is 0 Å². The van der Waals surface area contributed by atoms with Gasteiger partial charge in [-0.05, 0) is 0 Å². The van der Waals surface area contributed by atoms with Gasteiger partial charge in [-0.3, -0.25) is 0 Å². The monoisotopic (exact) mass is 248 g/mol. The molecule has 10 heavy (non-hydrogen) atoms. The van der Waals surface area contributed by atoms with Gasteiger partial charge in [-0.25, -0.2) is 0 Å². The van der Waals surface area contributed by atoms with Crippen LogP contribution < -0.4 is 0 Å². The Balaban J connectivity index is 2.33. The molecular formula is C8H15OSb. The maximum atomic E-state index is 10.9. The number of hydrogen-bond donors (Lipinski definition) is 0. The molecule has 0 radical (unpaired) electrons. The summed E-state index contributed by atoms with van der Waals surface area (Å²) in [5, 5.41) is 0. The zero-order valence-corrected chi connectivity index (χ0v) is 9.31. The number of hydrogen-bond acceptors (Lipinski definition) is 1. The molecule has 0 spiro atoms. The predicted molar refractivity (Wildman–Crippen MR) is 44.7 cm³/mol. The second-order valence-electron chi connectivity index (χ2n) is 3.23. The van der Waals surface area contributed by atoms with E-state index in [1.165, 1.54) is 12.8 Å². The molecule has 0 aromatic carbocycles. The summed E-state index contributed by atoms with van der Waals surface area (Å²) >= 11 is -0.816. The molecule has 0 aromatic rings. The van der Waals surface area contributed by atoms with E-state index in [0.717, 1.165) is 16.7 Å². The number of carbonyl (C=O) groups excluding carboxylic acids is 1. The van der Waals surface area contributed by atoms with Crippen LogP contribution in [0.3, 0.4) is 0 Å². The van der Waals surface area contributed by atoms with Crippen LogP contribution >= 0.6 is 0 Å². The number of carbonyl (C=O) groups is 1. The van der Waals surface area contributed by atoms with Crippen LogP contribution in [-0.4, -0.2) is 26.0 Å². The number of ketones is 1. The molecule has 0 saturated heterocycles. The van der Waals surface area contributed by atoms with Crippen LogP contribution in [0.2, 0.25) is 13.6 Å². The first-order chi connectivity index (χ1) is 4.70. The molecule has 0 unspecified atom stereocenters. The molecule has 1 rings (SSSR count). The Morgan fingerprint density at radius 3 is 2.20 bits per heavy atom. The zero-order valence-electron chi connectivity index (χ0n) is 6.76. The van der Waals surface area contributed by atoms with E-state index in [0.29, 0.717) is 5.78 Å². The Bertz CT molecular complexity index is 121. The molecule has 0 amide bonds. The van der Waals surface area contributed by atoms with Crippen molar-refractivity contribution in [2.75, 3.05) is 0 Å². The van der Waals surface area contributed by atoms with Crippen LogP contribution in [0.4, 0.5) is 0 Å². The first-order valence-corrected chi connectivity index (χ1v) is 10.5. The van der Waals surface area contributed by atoms with Crippen molar-refractivity contribution in [2.45, 2.75) is 39.3 Å². The molecule has 0 aromatic heterocycles. The summed E-state index contributed by atoms with van der Waals surface area (Å²) in [6.07, 6.45) is 4.20. The van der Waals surface area contributed by atoms with E-state index in [1.807, 2.05) is 0 Å². The SMILES string of the molecule is [CH3][Sb]([CH3])[CH]1CCC(=O)CC1. The van der Waals surface area contributed by atoms with Crippen LogP contribution in [-0.2, 0) is 4.79 Å². The van der Waals surface area contributed by atoms with Gasteiger partial charge in [0.25, 0.3) is 0 Å². The van der Waals surface area contributed by atoms with E-state index in [2.05, 4.69) is 9.74 Å². The van der Waals surface area contributed by atoms with E-state index < -0.39 is 20.2 Å². The van der Waals surface area contributed by atoms with Crippen LogP contribution in [0.1, 0.15) is 25.7 Å². The second-order valence-corrected chi connectivity index (χ2v) is 10.8. The Morgan fingerprint density at radius 2 is 1.80 bits per heavy atom. The van der Waals surface area contributed by atoms with Crippen molar-refractivity contribution in [3.05, 3.63) is 0 Å². The standard InChI is InChI=1S/C6H9O.2CH3.Sb/c7-6-4-2-1-3-5-6;;;/h1H,2-5H2;2*1H3;. The third-order valence-corrected chi connectivity index (χ3v) is 7.89. The first-order valence-electron chi connectivity index (χ1n) is 3.88. The third-order valence-electron chi connectivity index (χ3n) is 2.24. The van der Waals surface area contributed by atoms with Crippen molar-refractivity contribution in [2.24, 2.45) is 0 Å². The molecule has 0 N–H and O–H groups in total. The summed E-state index contributed by atoms with van der Waals surface area (Å²) in [5.41, 5.74) is 0. The summed E-state index contributed by atoms with van der Waals surface area (Å²) in [5.74, 6) is 0.499. The van der Waals surface area contributed by atoms with Gasteiger partial charge in [0.1, 0.15) is 0 Å². The molecule has 1 aliphatic carbocycles. The van der Waals surface area contributed by atoms with Gasteiger partial charge in [0.05, 0.1) is 0 Å². The minimum absolute atomic E-state index is 0.499. The van der Waals surface area contributed by atoms with E-state index in [1.54, 1.807) is 0 Å². The third kappa shape index (κ3) is 2.27. The molecular weight excluding hydrogens is 234 g/mol. The van der Waals surface area contributed by atoms with Crippen molar-refractivity contribution in [3.63, 3.8) is 0 Å². The first kappa shape index (κ1) is 8.58. The average molecular weight is 249 g/mol. The van der Waals surface area contributed by atoms with Gasteiger partial charge < -0.3 is 0 Å². The fourth-order valence-corrected chi connectivity index (χ4v) is 5.13. The molecule has 2 heteroatoms. The zero-order chi connectivity index (χ0) is 7.56. The minimum atomic E-state index is -0.816. The molecule has 58 valence electrons. The van der Waals surface area contributed by atoms with Crippen LogP contribution in [0.5, 0.6) is 0 Å². The Morgan fingerprint density at radius 1 is 1.30 bits per heavy atom. The Kier molecular flexibility index (Phi) is 3.23. The summed E-state index contributed by atoms with van der Waals surface area (Å²) in [6, 6.07) is 0. The van der Waals surface area contributed by atoms with E-state index in [4.69, 9.17) is 0 Å². The number of rotatable bonds is 1. The molecule has 0 heterocycles. The van der Waals surface area contributed by atoms with Crippen molar-refractivity contribution < 1.29 is 4.79 Å². The fraction of sp³-hybridized carbons (Fsp3) is 0.875. The summed E-state index contributed by atoms with van der Waals surface area (Å²) < 4.78 is 1.00. The second kappa shape index (κ2) is 3.76. The topological polar surface area (TPSA) is 17.1 Å². The molecule has 1 aliphatic rings. The normalized spacial score (nSPS) is 22.1. The molecule has 0 atom stereocenters.